The molecular weight excluding hydrogens is 387 g/mol. The zero-order chi connectivity index (χ0) is 16.4. The fourth-order valence-corrected chi connectivity index (χ4v) is 3.49. The van der Waals surface area contributed by atoms with Gasteiger partial charge in [-0.25, -0.2) is 4.39 Å². The van der Waals surface area contributed by atoms with Gasteiger partial charge in [-0.1, -0.05) is 11.3 Å². The molecule has 120 valence electrons. The topological polar surface area (TPSA) is 56.7 Å². The highest BCUT2D eigenvalue weighted by Gasteiger charge is 2.12. The van der Waals surface area contributed by atoms with Crippen LogP contribution >= 0.6 is 27.3 Å². The summed E-state index contributed by atoms with van der Waals surface area (Å²) in [5.41, 5.74) is 0.806. The minimum atomic E-state index is -0.492. The standard InChI is InChI=1S/C15H12BrFN2O3S/c1-21-7-6-19-10-3-2-9(17)8-12(10)23-15(19)18-14(20)11-4-5-13(16)22-11/h2-5,8H,6-7H2,1H3. The molecule has 0 aliphatic carbocycles. The van der Waals surface area contributed by atoms with Crippen LogP contribution in [-0.4, -0.2) is 24.2 Å². The van der Waals surface area contributed by atoms with Crippen molar-refractivity contribution in [3.05, 3.63) is 51.4 Å². The van der Waals surface area contributed by atoms with E-state index in [2.05, 4.69) is 20.9 Å². The van der Waals surface area contributed by atoms with E-state index in [1.54, 1.807) is 25.3 Å². The molecule has 23 heavy (non-hydrogen) atoms. The molecule has 0 aliphatic rings. The molecular formula is C15H12BrFN2O3S. The molecule has 0 spiro atoms. The van der Waals surface area contributed by atoms with Crippen LogP contribution in [0, 0.1) is 5.82 Å². The number of halogens is 2. The van der Waals surface area contributed by atoms with Crippen LogP contribution in [0.1, 0.15) is 10.6 Å². The minimum absolute atomic E-state index is 0.138. The molecule has 0 atom stereocenters. The molecule has 2 aromatic heterocycles. The van der Waals surface area contributed by atoms with Crippen molar-refractivity contribution in [1.82, 2.24) is 4.57 Å². The number of carbonyl (C=O) groups is 1. The van der Waals surface area contributed by atoms with Gasteiger partial charge in [0, 0.05) is 13.7 Å². The Labute approximate surface area is 143 Å². The minimum Gasteiger partial charge on any atom is -0.444 e. The summed E-state index contributed by atoms with van der Waals surface area (Å²) in [4.78, 5) is 16.8. The van der Waals surface area contributed by atoms with E-state index in [0.29, 0.717) is 27.3 Å². The number of carbonyl (C=O) groups excluding carboxylic acids is 1. The fourth-order valence-electron chi connectivity index (χ4n) is 2.10. The summed E-state index contributed by atoms with van der Waals surface area (Å²) >= 11 is 4.39. The largest absolute Gasteiger partial charge is 0.444 e. The zero-order valence-corrected chi connectivity index (χ0v) is 14.5. The normalized spacial score (nSPS) is 12.2. The predicted molar refractivity (Wildman–Crippen MR) is 88.0 cm³/mol. The first-order valence-electron chi connectivity index (χ1n) is 6.70. The van der Waals surface area contributed by atoms with Gasteiger partial charge in [-0.2, -0.15) is 4.99 Å². The molecule has 3 rings (SSSR count). The van der Waals surface area contributed by atoms with Gasteiger partial charge in [0.1, 0.15) is 5.82 Å². The van der Waals surface area contributed by atoms with Gasteiger partial charge >= 0.3 is 5.91 Å². The number of thiazole rings is 1. The second-order valence-corrected chi connectivity index (χ2v) is 6.45. The number of aromatic nitrogens is 1. The quantitative estimate of drug-likeness (QED) is 0.674. The van der Waals surface area contributed by atoms with Crippen LogP contribution in [0.3, 0.4) is 0 Å². The van der Waals surface area contributed by atoms with Crippen LogP contribution in [-0.2, 0) is 11.3 Å². The number of nitrogens with zero attached hydrogens (tertiary/aromatic N) is 2. The summed E-state index contributed by atoms with van der Waals surface area (Å²) in [6.07, 6.45) is 0. The Bertz CT molecular complexity index is 928. The number of fused-ring (bicyclic) bond motifs is 1. The van der Waals surface area contributed by atoms with Gasteiger partial charge in [0.05, 0.1) is 16.8 Å². The van der Waals surface area contributed by atoms with Crippen molar-refractivity contribution in [1.29, 1.82) is 0 Å². The van der Waals surface area contributed by atoms with Gasteiger partial charge in [0.25, 0.3) is 0 Å². The van der Waals surface area contributed by atoms with E-state index in [1.807, 2.05) is 4.57 Å². The number of furan rings is 1. The molecule has 2 heterocycles. The monoisotopic (exact) mass is 398 g/mol. The number of methoxy groups -OCH3 is 1. The summed E-state index contributed by atoms with van der Waals surface area (Å²) < 4.78 is 26.7. The van der Waals surface area contributed by atoms with E-state index < -0.39 is 5.91 Å². The Kier molecular flexibility index (Phi) is 4.74. The Balaban J connectivity index is 2.11. The van der Waals surface area contributed by atoms with Gasteiger partial charge in [0.2, 0.25) is 0 Å². The van der Waals surface area contributed by atoms with Crippen LogP contribution in [0.25, 0.3) is 10.2 Å². The molecule has 8 heteroatoms. The molecule has 0 fully saturated rings. The number of hydrogen-bond donors (Lipinski definition) is 0. The van der Waals surface area contributed by atoms with Crippen molar-refractivity contribution in [2.24, 2.45) is 4.99 Å². The second kappa shape index (κ2) is 6.77. The average Bonchev–Trinajstić information content (AvgIpc) is 3.08. The number of rotatable bonds is 4. The molecule has 1 amide bonds. The Morgan fingerprint density at radius 1 is 1.43 bits per heavy atom. The molecule has 0 aliphatic heterocycles. The lowest BCUT2D eigenvalue weighted by molar-refractivity contribution is 0.0969. The Morgan fingerprint density at radius 3 is 2.96 bits per heavy atom. The van der Waals surface area contributed by atoms with Crippen LogP contribution in [0.4, 0.5) is 4.39 Å². The molecule has 0 unspecified atom stereocenters. The fraction of sp³-hybridized carbons (Fsp3) is 0.200. The Hall–Kier alpha value is -1.77. The average molecular weight is 399 g/mol. The van der Waals surface area contributed by atoms with Crippen molar-refractivity contribution >= 4 is 43.4 Å². The lowest BCUT2D eigenvalue weighted by Crippen LogP contribution is -2.19. The van der Waals surface area contributed by atoms with Gasteiger partial charge in [-0.15, -0.1) is 0 Å². The summed E-state index contributed by atoms with van der Waals surface area (Å²) in [6.45, 7) is 0.965. The van der Waals surface area contributed by atoms with E-state index in [9.17, 15) is 9.18 Å². The maximum absolute atomic E-state index is 13.4. The smallest absolute Gasteiger partial charge is 0.315 e. The van der Waals surface area contributed by atoms with Crippen molar-refractivity contribution in [2.75, 3.05) is 13.7 Å². The first kappa shape index (κ1) is 16.1. The number of benzene rings is 1. The lowest BCUT2D eigenvalue weighted by atomic mass is 10.3. The van der Waals surface area contributed by atoms with E-state index in [1.165, 1.54) is 23.5 Å². The highest BCUT2D eigenvalue weighted by Crippen LogP contribution is 2.19. The Morgan fingerprint density at radius 2 is 2.26 bits per heavy atom. The molecule has 0 radical (unpaired) electrons. The van der Waals surface area contributed by atoms with E-state index in [0.717, 1.165) is 5.52 Å². The molecule has 0 saturated heterocycles. The van der Waals surface area contributed by atoms with Crippen LogP contribution in [0.15, 0.2) is 44.4 Å². The summed E-state index contributed by atoms with van der Waals surface area (Å²) in [7, 11) is 1.59. The van der Waals surface area contributed by atoms with E-state index in [-0.39, 0.29) is 11.6 Å². The SMILES string of the molecule is COCCn1c(=NC(=O)c2ccc(Br)o2)sc2cc(F)ccc21. The summed E-state index contributed by atoms with van der Waals surface area (Å²) in [6, 6.07) is 7.65. The van der Waals surface area contributed by atoms with E-state index >= 15 is 0 Å². The summed E-state index contributed by atoms with van der Waals surface area (Å²) in [5.74, 6) is -0.682. The van der Waals surface area contributed by atoms with Crippen LogP contribution < -0.4 is 4.80 Å². The molecule has 1 aromatic carbocycles. The van der Waals surface area contributed by atoms with Crippen molar-refractivity contribution < 1.29 is 18.3 Å². The maximum atomic E-state index is 13.4. The second-order valence-electron chi connectivity index (χ2n) is 4.66. The number of hydrogen-bond acceptors (Lipinski definition) is 4. The van der Waals surface area contributed by atoms with Gasteiger partial charge in [0.15, 0.2) is 15.2 Å². The van der Waals surface area contributed by atoms with Gasteiger partial charge in [-0.05, 0) is 46.3 Å². The van der Waals surface area contributed by atoms with E-state index in [4.69, 9.17) is 9.15 Å². The predicted octanol–water partition coefficient (Wildman–Crippen LogP) is 3.58. The van der Waals surface area contributed by atoms with Crippen LogP contribution in [0.2, 0.25) is 0 Å². The molecule has 5 nitrogen and oxygen atoms in total. The zero-order valence-electron chi connectivity index (χ0n) is 12.1. The molecule has 3 aromatic rings. The third kappa shape index (κ3) is 3.44. The summed E-state index contributed by atoms with van der Waals surface area (Å²) in [5, 5.41) is 0. The van der Waals surface area contributed by atoms with Crippen LogP contribution in [0.5, 0.6) is 0 Å². The van der Waals surface area contributed by atoms with Crippen molar-refractivity contribution in [2.45, 2.75) is 6.54 Å². The van der Waals surface area contributed by atoms with Crippen molar-refractivity contribution in [3.63, 3.8) is 0 Å². The number of ether oxygens (including phenoxy) is 1. The van der Waals surface area contributed by atoms with Gasteiger partial charge in [-0.3, -0.25) is 4.79 Å². The molecule has 0 saturated carbocycles. The third-order valence-corrected chi connectivity index (χ3v) is 4.61. The highest BCUT2D eigenvalue weighted by molar-refractivity contribution is 9.10. The highest BCUT2D eigenvalue weighted by atomic mass is 79.9. The lowest BCUT2D eigenvalue weighted by Gasteiger charge is -2.03. The molecule has 0 N–H and O–H groups in total. The molecule has 0 bridgehead atoms. The number of amides is 1. The van der Waals surface area contributed by atoms with Gasteiger partial charge < -0.3 is 13.7 Å². The first-order chi connectivity index (χ1) is 11.1. The third-order valence-electron chi connectivity index (χ3n) is 3.14. The maximum Gasteiger partial charge on any atom is 0.315 e. The first-order valence-corrected chi connectivity index (χ1v) is 8.31. The van der Waals surface area contributed by atoms with Crippen molar-refractivity contribution in [3.8, 4) is 0 Å².